The number of ether oxygens (including phenoxy) is 3. The molecule has 1 aliphatic heterocycles. The second-order valence-electron chi connectivity index (χ2n) is 5.44. The topological polar surface area (TPSA) is 119 Å². The average Bonchev–Trinajstić information content (AvgIpc) is 2.67. The summed E-state index contributed by atoms with van der Waals surface area (Å²) in [4.78, 5) is 23.8. The van der Waals surface area contributed by atoms with Crippen molar-refractivity contribution >= 4 is 43.4 Å². The molecule has 0 radical (unpaired) electrons. The smallest absolute Gasteiger partial charge is 0.501 e. The van der Waals surface area contributed by atoms with Gasteiger partial charge in [0.15, 0.2) is 5.75 Å². The molecule has 0 atom stereocenters. The number of halogens is 4. The Morgan fingerprint density at radius 2 is 1.79 bits per heavy atom. The summed E-state index contributed by atoms with van der Waals surface area (Å²) in [6.07, 6.45) is 0. The lowest BCUT2D eigenvalue weighted by Gasteiger charge is -2.32. The number of benzene rings is 1. The van der Waals surface area contributed by atoms with Crippen LogP contribution >= 0.6 is 15.9 Å². The zero-order chi connectivity index (χ0) is 22.1. The van der Waals surface area contributed by atoms with Crippen LogP contribution in [0.4, 0.5) is 18.9 Å². The third kappa shape index (κ3) is 4.18. The van der Waals surface area contributed by atoms with Crippen molar-refractivity contribution in [2.75, 3.05) is 32.5 Å². The summed E-state index contributed by atoms with van der Waals surface area (Å²) in [6, 6.07) is 1.05. The average molecular weight is 504 g/mol. The molecule has 1 aromatic rings. The van der Waals surface area contributed by atoms with E-state index in [2.05, 4.69) is 25.4 Å². The van der Waals surface area contributed by atoms with Gasteiger partial charge in [0.2, 0.25) is 0 Å². The lowest BCUT2D eigenvalue weighted by molar-refractivity contribution is -0.140. The summed E-state index contributed by atoms with van der Waals surface area (Å²) in [7, 11) is -3.78. The van der Waals surface area contributed by atoms with Gasteiger partial charge < -0.3 is 24.2 Å². The molecule has 1 aromatic carbocycles. The predicted octanol–water partition coefficient (Wildman–Crippen LogP) is 1.84. The molecule has 29 heavy (non-hydrogen) atoms. The van der Waals surface area contributed by atoms with E-state index >= 15 is 0 Å². The zero-order valence-corrected chi connectivity index (χ0v) is 17.1. The van der Waals surface area contributed by atoms with Crippen molar-refractivity contribution in [3.8, 4) is 5.75 Å². The Labute approximate surface area is 170 Å². The van der Waals surface area contributed by atoms with Gasteiger partial charge >= 0.3 is 17.4 Å². The standard InChI is InChI=1S/C15H13BrF3NO8S/c1-26-13(22)8-5-28-6-20(11(8)14(23)27-2)10-4-7(3-9(16)12(10)21)29(24,25)15(17,18)19/h3-4,21H,5-6H2,1-2H3. The molecule has 0 saturated carbocycles. The largest absolute Gasteiger partial charge is 0.505 e. The highest BCUT2D eigenvalue weighted by molar-refractivity contribution is 9.10. The minimum atomic E-state index is -5.79. The van der Waals surface area contributed by atoms with Crippen LogP contribution in [0.5, 0.6) is 5.75 Å². The molecule has 1 aliphatic rings. The van der Waals surface area contributed by atoms with E-state index in [0.717, 1.165) is 19.1 Å². The Kier molecular flexibility index (Phi) is 6.49. The van der Waals surface area contributed by atoms with Crippen LogP contribution in [0.1, 0.15) is 0 Å². The number of carbonyl (C=O) groups is 2. The molecule has 0 spiro atoms. The fourth-order valence-electron chi connectivity index (χ4n) is 2.39. The van der Waals surface area contributed by atoms with E-state index in [1.165, 1.54) is 0 Å². The number of esters is 2. The van der Waals surface area contributed by atoms with Gasteiger partial charge in [-0.05, 0) is 28.1 Å². The van der Waals surface area contributed by atoms with Gasteiger partial charge in [0.1, 0.15) is 12.4 Å². The van der Waals surface area contributed by atoms with Gasteiger partial charge in [0.05, 0.1) is 41.5 Å². The fraction of sp³-hybridized carbons (Fsp3) is 0.333. The lowest BCUT2D eigenvalue weighted by Crippen LogP contribution is -2.39. The molecule has 0 unspecified atom stereocenters. The fourth-order valence-corrected chi connectivity index (χ4v) is 3.80. The van der Waals surface area contributed by atoms with Gasteiger partial charge in [0.25, 0.3) is 9.84 Å². The van der Waals surface area contributed by atoms with Gasteiger partial charge in [-0.15, -0.1) is 0 Å². The minimum Gasteiger partial charge on any atom is -0.505 e. The molecular formula is C15H13BrF3NO8S. The number of aromatic hydroxyl groups is 1. The summed E-state index contributed by atoms with van der Waals surface area (Å²) >= 11 is 2.78. The quantitative estimate of drug-likeness (QED) is 0.613. The summed E-state index contributed by atoms with van der Waals surface area (Å²) in [5.74, 6) is -2.79. The number of anilines is 1. The molecule has 1 heterocycles. The van der Waals surface area contributed by atoms with Crippen LogP contribution in [-0.2, 0) is 33.6 Å². The van der Waals surface area contributed by atoms with E-state index in [9.17, 15) is 36.3 Å². The predicted molar refractivity (Wildman–Crippen MR) is 93.4 cm³/mol. The van der Waals surface area contributed by atoms with Crippen molar-refractivity contribution in [3.05, 3.63) is 27.9 Å². The highest BCUT2D eigenvalue weighted by Gasteiger charge is 2.47. The van der Waals surface area contributed by atoms with Crippen LogP contribution in [0.2, 0.25) is 0 Å². The molecule has 2 rings (SSSR count). The molecular weight excluding hydrogens is 491 g/mol. The number of hydrogen-bond donors (Lipinski definition) is 1. The molecule has 1 N–H and O–H groups in total. The van der Waals surface area contributed by atoms with Gasteiger partial charge in [0, 0.05) is 0 Å². The second-order valence-corrected chi connectivity index (χ2v) is 8.23. The Morgan fingerprint density at radius 3 is 2.31 bits per heavy atom. The summed E-state index contributed by atoms with van der Waals surface area (Å²) in [5, 5.41) is 10.3. The van der Waals surface area contributed by atoms with E-state index in [1.54, 1.807) is 0 Å². The molecule has 9 nitrogen and oxygen atoms in total. The zero-order valence-electron chi connectivity index (χ0n) is 14.7. The van der Waals surface area contributed by atoms with Gasteiger partial charge in [-0.1, -0.05) is 0 Å². The first-order chi connectivity index (χ1) is 13.4. The molecule has 0 aromatic heterocycles. The summed E-state index contributed by atoms with van der Waals surface area (Å²) in [5.41, 5.74) is -7.00. The monoisotopic (exact) mass is 503 g/mol. The minimum absolute atomic E-state index is 0.342. The number of phenols is 1. The third-order valence-corrected chi connectivity index (χ3v) is 5.83. The van der Waals surface area contributed by atoms with E-state index in [-0.39, 0.29) is 5.57 Å². The molecule has 14 heteroatoms. The summed E-state index contributed by atoms with van der Waals surface area (Å²) in [6.45, 7) is -0.906. The number of alkyl halides is 3. The Hall–Kier alpha value is -2.32. The van der Waals surface area contributed by atoms with Crippen LogP contribution in [0.25, 0.3) is 0 Å². The maximum absolute atomic E-state index is 12.9. The number of nitrogens with zero attached hydrogens (tertiary/aromatic N) is 1. The molecule has 0 aliphatic carbocycles. The van der Waals surface area contributed by atoms with E-state index in [0.29, 0.717) is 12.1 Å². The van der Waals surface area contributed by atoms with Crippen LogP contribution in [0.15, 0.2) is 32.8 Å². The first-order valence-electron chi connectivity index (χ1n) is 7.45. The normalized spacial score (nSPS) is 15.3. The maximum Gasteiger partial charge on any atom is 0.501 e. The van der Waals surface area contributed by atoms with Crippen molar-refractivity contribution in [2.24, 2.45) is 0 Å². The molecule has 160 valence electrons. The lowest BCUT2D eigenvalue weighted by atomic mass is 10.1. The number of sulfone groups is 1. The van der Waals surface area contributed by atoms with E-state index in [4.69, 9.17) is 4.74 Å². The van der Waals surface area contributed by atoms with Gasteiger partial charge in [-0.2, -0.15) is 13.2 Å². The van der Waals surface area contributed by atoms with Crippen molar-refractivity contribution in [1.82, 2.24) is 0 Å². The highest BCUT2D eigenvalue weighted by atomic mass is 79.9. The van der Waals surface area contributed by atoms with Crippen molar-refractivity contribution < 1.29 is 50.5 Å². The van der Waals surface area contributed by atoms with Crippen molar-refractivity contribution in [3.63, 3.8) is 0 Å². The number of carbonyl (C=O) groups excluding carboxylic acids is 2. The first kappa shape index (κ1) is 23.0. The third-order valence-electron chi connectivity index (χ3n) is 3.76. The molecule has 0 amide bonds. The summed E-state index contributed by atoms with van der Waals surface area (Å²) < 4.78 is 76.3. The van der Waals surface area contributed by atoms with Gasteiger partial charge in [-0.3, -0.25) is 0 Å². The second kappa shape index (κ2) is 8.20. The van der Waals surface area contributed by atoms with E-state index < -0.39 is 67.1 Å². The first-order valence-corrected chi connectivity index (χ1v) is 9.73. The SMILES string of the molecule is COC(=O)C1=C(C(=O)OC)N(c2cc(S(=O)(=O)C(F)(F)F)cc(Br)c2O)COC1. The molecule has 0 fully saturated rings. The van der Waals surface area contributed by atoms with Crippen LogP contribution in [-0.4, -0.2) is 58.5 Å². The van der Waals surface area contributed by atoms with Crippen molar-refractivity contribution in [1.29, 1.82) is 0 Å². The molecule has 0 bridgehead atoms. The van der Waals surface area contributed by atoms with Crippen LogP contribution in [0, 0.1) is 0 Å². The van der Waals surface area contributed by atoms with Crippen LogP contribution < -0.4 is 4.90 Å². The Balaban J connectivity index is 2.78. The van der Waals surface area contributed by atoms with Crippen molar-refractivity contribution in [2.45, 2.75) is 10.4 Å². The number of hydrogen-bond acceptors (Lipinski definition) is 9. The van der Waals surface area contributed by atoms with Crippen LogP contribution in [0.3, 0.4) is 0 Å². The van der Waals surface area contributed by atoms with Gasteiger partial charge in [-0.25, -0.2) is 18.0 Å². The Morgan fingerprint density at radius 1 is 1.21 bits per heavy atom. The number of phenolic OH excluding ortho intramolecular Hbond substituents is 1. The molecule has 0 saturated heterocycles. The Bertz CT molecular complexity index is 990. The van der Waals surface area contributed by atoms with E-state index in [1.807, 2.05) is 0 Å². The number of methoxy groups -OCH3 is 2. The highest BCUT2D eigenvalue weighted by Crippen LogP contribution is 2.42. The number of rotatable bonds is 4. The maximum atomic E-state index is 12.9.